The standard InChI is InChI=1S/C14H20BrNO4S/c1-14(2,3)16(13(17)18)12(9-21(4,19)20)10-5-7-11(15)8-6-10/h5-8,12H,9H2,1-4H3,(H,17,18). The average molecular weight is 378 g/mol. The fourth-order valence-electron chi connectivity index (χ4n) is 2.18. The van der Waals surface area contributed by atoms with E-state index in [-0.39, 0.29) is 5.75 Å². The molecule has 0 aliphatic heterocycles. The zero-order valence-electron chi connectivity index (χ0n) is 12.5. The van der Waals surface area contributed by atoms with Gasteiger partial charge in [0, 0.05) is 16.3 Å². The number of carboxylic acid groups (broad SMARTS) is 1. The van der Waals surface area contributed by atoms with E-state index in [2.05, 4.69) is 15.9 Å². The molecule has 1 unspecified atom stereocenters. The zero-order chi connectivity index (χ0) is 16.4. The van der Waals surface area contributed by atoms with Gasteiger partial charge >= 0.3 is 6.09 Å². The molecule has 0 fully saturated rings. The minimum Gasteiger partial charge on any atom is -0.465 e. The van der Waals surface area contributed by atoms with Crippen LogP contribution < -0.4 is 0 Å². The van der Waals surface area contributed by atoms with Crippen LogP contribution in [0.2, 0.25) is 0 Å². The fraction of sp³-hybridized carbons (Fsp3) is 0.500. The zero-order valence-corrected chi connectivity index (χ0v) is 14.9. The van der Waals surface area contributed by atoms with E-state index in [0.717, 1.165) is 10.7 Å². The maximum atomic E-state index is 11.7. The van der Waals surface area contributed by atoms with Gasteiger partial charge in [0.1, 0.15) is 9.84 Å². The lowest BCUT2D eigenvalue weighted by Gasteiger charge is -2.39. The van der Waals surface area contributed by atoms with Gasteiger partial charge in [0.15, 0.2) is 0 Å². The predicted molar refractivity (Wildman–Crippen MR) is 86.2 cm³/mol. The molecule has 7 heteroatoms. The van der Waals surface area contributed by atoms with Crippen molar-refractivity contribution in [3.8, 4) is 0 Å². The first-order chi connectivity index (χ1) is 9.42. The summed E-state index contributed by atoms with van der Waals surface area (Å²) in [5.74, 6) is -0.252. The summed E-state index contributed by atoms with van der Waals surface area (Å²) in [6.45, 7) is 5.24. The summed E-state index contributed by atoms with van der Waals surface area (Å²) in [6, 6.07) is 6.27. The molecule has 0 radical (unpaired) electrons. The van der Waals surface area contributed by atoms with E-state index in [1.807, 2.05) is 0 Å². The predicted octanol–water partition coefficient (Wildman–Crippen LogP) is 3.31. The van der Waals surface area contributed by atoms with E-state index in [9.17, 15) is 18.3 Å². The number of amides is 1. The van der Waals surface area contributed by atoms with Gasteiger partial charge in [0.2, 0.25) is 0 Å². The highest BCUT2D eigenvalue weighted by atomic mass is 79.9. The summed E-state index contributed by atoms with van der Waals surface area (Å²) in [5, 5.41) is 9.51. The number of carbonyl (C=O) groups is 1. The molecule has 0 aliphatic carbocycles. The minimum atomic E-state index is -3.34. The molecule has 1 aromatic rings. The van der Waals surface area contributed by atoms with Crippen LogP contribution in [0.25, 0.3) is 0 Å². The smallest absolute Gasteiger partial charge is 0.408 e. The molecule has 5 nitrogen and oxygen atoms in total. The molecule has 0 saturated carbocycles. The Labute approximate surface area is 134 Å². The third-order valence-corrected chi connectivity index (χ3v) is 4.41. The summed E-state index contributed by atoms with van der Waals surface area (Å²) in [6.07, 6.45) is -0.0271. The Morgan fingerprint density at radius 1 is 1.29 bits per heavy atom. The number of sulfone groups is 1. The first-order valence-corrected chi connectivity index (χ1v) is 9.22. The Bertz CT molecular complexity index is 605. The van der Waals surface area contributed by atoms with Crippen molar-refractivity contribution >= 4 is 31.9 Å². The molecular formula is C14H20BrNO4S. The summed E-state index contributed by atoms with van der Waals surface area (Å²) < 4.78 is 24.3. The van der Waals surface area contributed by atoms with Crippen LogP contribution in [0.3, 0.4) is 0 Å². The van der Waals surface area contributed by atoms with E-state index in [0.29, 0.717) is 5.56 Å². The molecule has 1 atom stereocenters. The molecule has 1 amide bonds. The highest BCUT2D eigenvalue weighted by Crippen LogP contribution is 2.30. The molecule has 0 aliphatic rings. The number of hydrogen-bond donors (Lipinski definition) is 1. The van der Waals surface area contributed by atoms with Gasteiger partial charge in [-0.25, -0.2) is 13.2 Å². The Morgan fingerprint density at radius 2 is 1.76 bits per heavy atom. The molecule has 118 valence electrons. The molecule has 21 heavy (non-hydrogen) atoms. The second-order valence-electron chi connectivity index (χ2n) is 5.98. The molecule has 1 N–H and O–H groups in total. The Morgan fingerprint density at radius 3 is 2.10 bits per heavy atom. The summed E-state index contributed by atoms with van der Waals surface area (Å²) in [5.41, 5.74) is -0.0604. The first-order valence-electron chi connectivity index (χ1n) is 6.37. The van der Waals surface area contributed by atoms with Crippen molar-refractivity contribution in [1.29, 1.82) is 0 Å². The molecule has 1 aromatic carbocycles. The van der Waals surface area contributed by atoms with Gasteiger partial charge in [-0.2, -0.15) is 0 Å². The highest BCUT2D eigenvalue weighted by molar-refractivity contribution is 9.10. The SMILES string of the molecule is CC(C)(C)N(C(=O)O)C(CS(C)(=O)=O)c1ccc(Br)cc1. The van der Waals surface area contributed by atoms with Gasteiger partial charge < -0.3 is 5.11 Å². The summed E-state index contributed by atoms with van der Waals surface area (Å²) >= 11 is 3.31. The third kappa shape index (κ3) is 5.32. The maximum absolute atomic E-state index is 11.7. The minimum absolute atomic E-state index is 0.252. The van der Waals surface area contributed by atoms with Crippen molar-refractivity contribution < 1.29 is 18.3 Å². The van der Waals surface area contributed by atoms with Crippen LogP contribution in [0, 0.1) is 0 Å². The Kier molecular flexibility index (Phi) is 5.44. The molecule has 0 spiro atoms. The lowest BCUT2D eigenvalue weighted by molar-refractivity contribution is 0.0762. The quantitative estimate of drug-likeness (QED) is 0.872. The fourth-order valence-corrected chi connectivity index (χ4v) is 3.36. The van der Waals surface area contributed by atoms with Crippen LogP contribution in [0.1, 0.15) is 32.4 Å². The van der Waals surface area contributed by atoms with Crippen LogP contribution in [0.5, 0.6) is 0 Å². The number of rotatable bonds is 4. The van der Waals surface area contributed by atoms with Crippen LogP contribution in [0.15, 0.2) is 28.7 Å². The largest absolute Gasteiger partial charge is 0.465 e. The molecule has 0 saturated heterocycles. The maximum Gasteiger partial charge on any atom is 0.408 e. The molecule has 0 bridgehead atoms. The number of nitrogens with zero attached hydrogens (tertiary/aromatic N) is 1. The van der Waals surface area contributed by atoms with Crippen LogP contribution in [-0.4, -0.2) is 42.1 Å². The lowest BCUT2D eigenvalue weighted by Crippen LogP contribution is -2.49. The Hall–Kier alpha value is -1.08. The topological polar surface area (TPSA) is 74.7 Å². The Balaban J connectivity index is 3.36. The first kappa shape index (κ1) is 18.0. The van der Waals surface area contributed by atoms with Gasteiger partial charge in [0.05, 0.1) is 11.8 Å². The highest BCUT2D eigenvalue weighted by Gasteiger charge is 2.35. The van der Waals surface area contributed by atoms with Crippen LogP contribution >= 0.6 is 15.9 Å². The van der Waals surface area contributed by atoms with Crippen LogP contribution in [0.4, 0.5) is 4.79 Å². The average Bonchev–Trinajstić information content (AvgIpc) is 2.24. The number of benzene rings is 1. The normalized spacial score (nSPS) is 13.8. The van der Waals surface area contributed by atoms with Crippen molar-refractivity contribution in [2.45, 2.75) is 32.4 Å². The van der Waals surface area contributed by atoms with Crippen molar-refractivity contribution in [3.05, 3.63) is 34.3 Å². The second-order valence-corrected chi connectivity index (χ2v) is 9.08. The molecule has 0 heterocycles. The third-order valence-electron chi connectivity index (χ3n) is 2.96. The van der Waals surface area contributed by atoms with E-state index in [1.165, 1.54) is 4.90 Å². The van der Waals surface area contributed by atoms with Gasteiger partial charge in [-0.15, -0.1) is 0 Å². The van der Waals surface area contributed by atoms with E-state index >= 15 is 0 Å². The van der Waals surface area contributed by atoms with E-state index < -0.39 is 27.5 Å². The summed E-state index contributed by atoms with van der Waals surface area (Å²) in [7, 11) is -3.34. The second kappa shape index (κ2) is 6.36. The van der Waals surface area contributed by atoms with Crippen molar-refractivity contribution in [2.24, 2.45) is 0 Å². The number of halogens is 1. The molecule has 1 rings (SSSR count). The summed E-state index contributed by atoms with van der Waals surface area (Å²) in [4.78, 5) is 12.8. The van der Waals surface area contributed by atoms with Gasteiger partial charge in [-0.05, 0) is 38.5 Å². The lowest BCUT2D eigenvalue weighted by atomic mass is 9.99. The van der Waals surface area contributed by atoms with Crippen LogP contribution in [-0.2, 0) is 9.84 Å². The van der Waals surface area contributed by atoms with Crippen molar-refractivity contribution in [2.75, 3.05) is 12.0 Å². The van der Waals surface area contributed by atoms with Crippen molar-refractivity contribution in [1.82, 2.24) is 4.90 Å². The van der Waals surface area contributed by atoms with Gasteiger partial charge in [0.25, 0.3) is 0 Å². The van der Waals surface area contributed by atoms with E-state index in [1.54, 1.807) is 45.0 Å². The molecular weight excluding hydrogens is 358 g/mol. The van der Waals surface area contributed by atoms with Gasteiger partial charge in [-0.3, -0.25) is 4.90 Å². The number of hydrogen-bond acceptors (Lipinski definition) is 3. The van der Waals surface area contributed by atoms with E-state index in [4.69, 9.17) is 0 Å². The van der Waals surface area contributed by atoms with Crippen molar-refractivity contribution in [3.63, 3.8) is 0 Å². The monoisotopic (exact) mass is 377 g/mol. The van der Waals surface area contributed by atoms with Gasteiger partial charge in [-0.1, -0.05) is 28.1 Å². The molecule has 0 aromatic heterocycles.